The minimum Gasteiger partial charge on any atom is -0.486 e. The summed E-state index contributed by atoms with van der Waals surface area (Å²) in [5.41, 5.74) is 4.11. The SMILES string of the molecule is Cc1csc(COc2ccc(C(=O)Nc3cccc4nc(C)ccc34)cc2)n1. The number of carbonyl (C=O) groups is 1. The Morgan fingerprint density at radius 1 is 1.00 bits per heavy atom. The van der Waals surface area contributed by atoms with Crippen LogP contribution in [0, 0.1) is 13.8 Å². The van der Waals surface area contributed by atoms with Gasteiger partial charge < -0.3 is 10.1 Å². The minimum absolute atomic E-state index is 0.171. The molecule has 4 rings (SSSR count). The van der Waals surface area contributed by atoms with Gasteiger partial charge >= 0.3 is 0 Å². The van der Waals surface area contributed by atoms with E-state index in [0.717, 1.165) is 33.0 Å². The molecule has 1 N–H and O–H groups in total. The van der Waals surface area contributed by atoms with E-state index in [-0.39, 0.29) is 5.91 Å². The minimum atomic E-state index is -0.171. The van der Waals surface area contributed by atoms with Gasteiger partial charge in [0, 0.05) is 27.7 Å². The van der Waals surface area contributed by atoms with Gasteiger partial charge in [-0.3, -0.25) is 9.78 Å². The molecule has 28 heavy (non-hydrogen) atoms. The Labute approximate surface area is 167 Å². The largest absolute Gasteiger partial charge is 0.486 e. The summed E-state index contributed by atoms with van der Waals surface area (Å²) in [6.45, 7) is 4.33. The zero-order valence-corrected chi connectivity index (χ0v) is 16.4. The van der Waals surface area contributed by atoms with E-state index in [1.807, 2.05) is 49.6 Å². The first kappa shape index (κ1) is 18.1. The molecule has 0 spiro atoms. The number of nitrogens with zero attached hydrogens (tertiary/aromatic N) is 2. The molecule has 0 aliphatic rings. The van der Waals surface area contributed by atoms with Crippen molar-refractivity contribution in [1.29, 1.82) is 0 Å². The summed E-state index contributed by atoms with van der Waals surface area (Å²) in [6.07, 6.45) is 0. The zero-order valence-electron chi connectivity index (χ0n) is 15.6. The fourth-order valence-corrected chi connectivity index (χ4v) is 3.56. The van der Waals surface area contributed by atoms with E-state index >= 15 is 0 Å². The molecule has 0 aliphatic heterocycles. The highest BCUT2D eigenvalue weighted by Crippen LogP contribution is 2.23. The number of thiazole rings is 1. The molecule has 0 saturated heterocycles. The number of ether oxygens (including phenoxy) is 1. The summed E-state index contributed by atoms with van der Waals surface area (Å²) in [6, 6.07) is 16.7. The van der Waals surface area contributed by atoms with E-state index in [2.05, 4.69) is 15.3 Å². The highest BCUT2D eigenvalue weighted by Gasteiger charge is 2.09. The van der Waals surface area contributed by atoms with Crippen LogP contribution >= 0.6 is 11.3 Å². The van der Waals surface area contributed by atoms with Crippen molar-refractivity contribution in [3.05, 3.63) is 81.9 Å². The summed E-state index contributed by atoms with van der Waals surface area (Å²) in [7, 11) is 0. The Balaban J connectivity index is 1.45. The third-order valence-corrected chi connectivity index (χ3v) is 5.20. The third kappa shape index (κ3) is 4.02. The Morgan fingerprint density at radius 2 is 1.82 bits per heavy atom. The maximum atomic E-state index is 12.6. The average molecular weight is 389 g/mol. The highest BCUT2D eigenvalue weighted by atomic mass is 32.1. The maximum Gasteiger partial charge on any atom is 0.255 e. The van der Waals surface area contributed by atoms with Crippen LogP contribution in [0.25, 0.3) is 10.9 Å². The van der Waals surface area contributed by atoms with Crippen molar-refractivity contribution in [3.8, 4) is 5.75 Å². The molecule has 2 aromatic heterocycles. The van der Waals surface area contributed by atoms with Crippen LogP contribution in [0.2, 0.25) is 0 Å². The maximum absolute atomic E-state index is 12.6. The molecule has 0 atom stereocenters. The van der Waals surface area contributed by atoms with Crippen molar-refractivity contribution in [3.63, 3.8) is 0 Å². The van der Waals surface area contributed by atoms with Gasteiger partial charge in [-0.1, -0.05) is 6.07 Å². The lowest BCUT2D eigenvalue weighted by Crippen LogP contribution is -2.12. The van der Waals surface area contributed by atoms with Crippen LogP contribution in [0.15, 0.2) is 60.0 Å². The average Bonchev–Trinajstić information content (AvgIpc) is 3.12. The summed E-state index contributed by atoms with van der Waals surface area (Å²) >= 11 is 1.57. The number of hydrogen-bond acceptors (Lipinski definition) is 5. The van der Waals surface area contributed by atoms with Crippen LogP contribution in [-0.2, 0) is 6.61 Å². The summed E-state index contributed by atoms with van der Waals surface area (Å²) in [5.74, 6) is 0.532. The molecular formula is C22H19N3O2S. The van der Waals surface area contributed by atoms with Crippen molar-refractivity contribution < 1.29 is 9.53 Å². The van der Waals surface area contributed by atoms with E-state index in [1.54, 1.807) is 35.6 Å². The van der Waals surface area contributed by atoms with Gasteiger partial charge in [-0.25, -0.2) is 4.98 Å². The lowest BCUT2D eigenvalue weighted by molar-refractivity contribution is 0.102. The first-order chi connectivity index (χ1) is 13.6. The van der Waals surface area contributed by atoms with Gasteiger partial charge in [-0.2, -0.15) is 0 Å². The number of aryl methyl sites for hydroxylation is 2. The van der Waals surface area contributed by atoms with Gasteiger partial charge in [-0.05, 0) is 62.4 Å². The molecule has 0 saturated carbocycles. The molecule has 0 bridgehead atoms. The number of aromatic nitrogens is 2. The van der Waals surface area contributed by atoms with Gasteiger partial charge in [0.15, 0.2) is 0 Å². The Hall–Kier alpha value is -3.25. The third-order valence-electron chi connectivity index (χ3n) is 4.26. The molecule has 6 heteroatoms. The molecule has 1 amide bonds. The van der Waals surface area contributed by atoms with E-state index in [4.69, 9.17) is 4.74 Å². The van der Waals surface area contributed by atoms with E-state index in [0.29, 0.717) is 17.9 Å². The number of carbonyl (C=O) groups excluding carboxylic acids is 1. The van der Waals surface area contributed by atoms with Crippen LogP contribution in [0.3, 0.4) is 0 Å². The second-order valence-corrected chi connectivity index (χ2v) is 7.42. The highest BCUT2D eigenvalue weighted by molar-refractivity contribution is 7.09. The fourth-order valence-electron chi connectivity index (χ4n) is 2.88. The lowest BCUT2D eigenvalue weighted by atomic mass is 10.1. The van der Waals surface area contributed by atoms with Crippen molar-refractivity contribution in [2.45, 2.75) is 20.5 Å². The van der Waals surface area contributed by atoms with Crippen LogP contribution in [0.4, 0.5) is 5.69 Å². The molecule has 0 unspecified atom stereocenters. The van der Waals surface area contributed by atoms with Crippen LogP contribution in [0.5, 0.6) is 5.75 Å². The molecule has 5 nitrogen and oxygen atoms in total. The number of nitrogens with one attached hydrogen (secondary N) is 1. The molecule has 4 aromatic rings. The Morgan fingerprint density at radius 3 is 2.57 bits per heavy atom. The second-order valence-electron chi connectivity index (χ2n) is 6.47. The Bertz CT molecular complexity index is 1140. The van der Waals surface area contributed by atoms with Crippen molar-refractivity contribution in [1.82, 2.24) is 9.97 Å². The van der Waals surface area contributed by atoms with Gasteiger partial charge in [0.25, 0.3) is 5.91 Å². The quantitative estimate of drug-likeness (QED) is 0.513. The molecular weight excluding hydrogens is 370 g/mol. The van der Waals surface area contributed by atoms with Crippen molar-refractivity contribution in [2.75, 3.05) is 5.32 Å². The zero-order chi connectivity index (χ0) is 19.5. The summed E-state index contributed by atoms with van der Waals surface area (Å²) in [5, 5.41) is 6.82. The van der Waals surface area contributed by atoms with Crippen molar-refractivity contribution in [2.24, 2.45) is 0 Å². The number of anilines is 1. The van der Waals surface area contributed by atoms with Gasteiger partial charge in [-0.15, -0.1) is 11.3 Å². The van der Waals surface area contributed by atoms with Crippen LogP contribution in [-0.4, -0.2) is 15.9 Å². The number of amides is 1. The number of fused-ring (bicyclic) bond motifs is 1. The van der Waals surface area contributed by atoms with Gasteiger partial charge in [0.1, 0.15) is 17.4 Å². The number of benzene rings is 2. The predicted octanol–water partition coefficient (Wildman–Crippen LogP) is 5.14. The van der Waals surface area contributed by atoms with Gasteiger partial charge in [0.2, 0.25) is 0 Å². The van der Waals surface area contributed by atoms with Crippen LogP contribution in [0.1, 0.15) is 26.8 Å². The molecule has 140 valence electrons. The number of pyridine rings is 1. The Kier molecular flexibility index (Phi) is 5.04. The van der Waals surface area contributed by atoms with E-state index < -0.39 is 0 Å². The molecule has 0 radical (unpaired) electrons. The second kappa shape index (κ2) is 7.78. The van der Waals surface area contributed by atoms with E-state index in [1.165, 1.54) is 0 Å². The standard InChI is InChI=1S/C22H19N3O2S/c1-14-6-11-18-19(23-14)4-3-5-20(18)25-22(26)16-7-9-17(10-8-16)27-12-21-24-15(2)13-28-21/h3-11,13H,12H2,1-2H3,(H,25,26). The lowest BCUT2D eigenvalue weighted by Gasteiger charge is -2.10. The molecule has 0 fully saturated rings. The molecule has 0 aliphatic carbocycles. The summed E-state index contributed by atoms with van der Waals surface area (Å²) in [4.78, 5) is 21.5. The monoisotopic (exact) mass is 389 g/mol. The fraction of sp³-hybridized carbons (Fsp3) is 0.136. The number of hydrogen-bond donors (Lipinski definition) is 1. The first-order valence-electron chi connectivity index (χ1n) is 8.90. The van der Waals surface area contributed by atoms with Gasteiger partial charge in [0.05, 0.1) is 11.2 Å². The van der Waals surface area contributed by atoms with Crippen LogP contribution < -0.4 is 10.1 Å². The number of rotatable bonds is 5. The summed E-state index contributed by atoms with van der Waals surface area (Å²) < 4.78 is 5.74. The topological polar surface area (TPSA) is 64.1 Å². The smallest absolute Gasteiger partial charge is 0.255 e. The van der Waals surface area contributed by atoms with E-state index in [9.17, 15) is 4.79 Å². The normalized spacial score (nSPS) is 10.8. The van der Waals surface area contributed by atoms with Crippen molar-refractivity contribution >= 4 is 33.8 Å². The first-order valence-corrected chi connectivity index (χ1v) is 9.78. The molecule has 2 aromatic carbocycles. The predicted molar refractivity (Wildman–Crippen MR) is 112 cm³/mol. The molecule has 2 heterocycles.